The molecule has 0 unspecified atom stereocenters. The standard InChI is InChI=1S/C12H20N4O/c1-11(2)10(12(11,3)4)14-9(17)8-7(13)6-16(5)15-8/h6,10H,13H2,1-5H3,(H,14,17). The highest BCUT2D eigenvalue weighted by molar-refractivity contribution is 5.97. The van der Waals surface area contributed by atoms with Crippen molar-refractivity contribution in [1.29, 1.82) is 0 Å². The van der Waals surface area contributed by atoms with Crippen LogP contribution in [0.15, 0.2) is 6.20 Å². The molecule has 1 aliphatic rings. The van der Waals surface area contributed by atoms with Gasteiger partial charge in [-0.15, -0.1) is 0 Å². The Labute approximate surface area is 101 Å². The van der Waals surface area contributed by atoms with Gasteiger partial charge in [0.15, 0.2) is 5.69 Å². The average molecular weight is 236 g/mol. The van der Waals surface area contributed by atoms with E-state index in [1.165, 1.54) is 0 Å². The topological polar surface area (TPSA) is 72.9 Å². The quantitative estimate of drug-likeness (QED) is 0.809. The molecule has 3 N–H and O–H groups in total. The van der Waals surface area contributed by atoms with Crippen molar-refractivity contribution >= 4 is 11.6 Å². The lowest BCUT2D eigenvalue weighted by molar-refractivity contribution is 0.0939. The minimum atomic E-state index is -0.188. The van der Waals surface area contributed by atoms with Gasteiger partial charge in [-0.2, -0.15) is 5.10 Å². The Morgan fingerprint density at radius 1 is 1.41 bits per heavy atom. The van der Waals surface area contributed by atoms with Crippen molar-refractivity contribution in [3.63, 3.8) is 0 Å². The zero-order valence-corrected chi connectivity index (χ0v) is 11.0. The van der Waals surface area contributed by atoms with Crippen molar-refractivity contribution < 1.29 is 4.79 Å². The summed E-state index contributed by atoms with van der Waals surface area (Å²) in [4.78, 5) is 12.0. The number of nitrogens with one attached hydrogen (secondary N) is 1. The predicted molar refractivity (Wildman–Crippen MR) is 66.4 cm³/mol. The van der Waals surface area contributed by atoms with E-state index in [9.17, 15) is 4.79 Å². The molecule has 94 valence electrons. The van der Waals surface area contributed by atoms with Crippen molar-refractivity contribution in [1.82, 2.24) is 15.1 Å². The molecule has 0 radical (unpaired) electrons. The van der Waals surface area contributed by atoms with Crippen molar-refractivity contribution in [2.45, 2.75) is 33.7 Å². The number of aryl methyl sites for hydroxylation is 1. The molecule has 1 amide bonds. The predicted octanol–water partition coefficient (Wildman–Crippen LogP) is 1.17. The summed E-state index contributed by atoms with van der Waals surface area (Å²) in [5, 5.41) is 7.08. The monoisotopic (exact) mass is 236 g/mol. The largest absolute Gasteiger partial charge is 0.396 e. The highest BCUT2D eigenvalue weighted by Gasteiger charge is 2.65. The number of hydrogen-bond acceptors (Lipinski definition) is 3. The van der Waals surface area contributed by atoms with Crippen LogP contribution in [0.5, 0.6) is 0 Å². The van der Waals surface area contributed by atoms with Gasteiger partial charge >= 0.3 is 0 Å². The molecule has 1 fully saturated rings. The Morgan fingerprint density at radius 2 is 1.94 bits per heavy atom. The first kappa shape index (κ1) is 12.0. The van der Waals surface area contributed by atoms with Gasteiger partial charge < -0.3 is 11.1 Å². The molecular weight excluding hydrogens is 216 g/mol. The Bertz CT molecular complexity index is 459. The third-order valence-electron chi connectivity index (χ3n) is 4.37. The van der Waals surface area contributed by atoms with Crippen LogP contribution in [0.2, 0.25) is 0 Å². The summed E-state index contributed by atoms with van der Waals surface area (Å²) in [7, 11) is 1.75. The first-order valence-corrected chi connectivity index (χ1v) is 5.78. The minimum Gasteiger partial charge on any atom is -0.396 e. The van der Waals surface area contributed by atoms with E-state index in [-0.39, 0.29) is 22.8 Å². The minimum absolute atomic E-state index is 0.117. The van der Waals surface area contributed by atoms with Gasteiger partial charge in [-0.3, -0.25) is 9.48 Å². The second-order valence-corrected chi connectivity index (χ2v) is 5.96. The van der Waals surface area contributed by atoms with Gasteiger partial charge in [-0.05, 0) is 10.8 Å². The molecular formula is C12H20N4O. The number of carbonyl (C=O) groups is 1. The van der Waals surface area contributed by atoms with Gasteiger partial charge in [-0.1, -0.05) is 27.7 Å². The number of aromatic nitrogens is 2. The normalized spacial score (nSPS) is 21.2. The molecule has 5 heteroatoms. The number of nitrogen functional groups attached to an aromatic ring is 1. The van der Waals surface area contributed by atoms with Crippen LogP contribution >= 0.6 is 0 Å². The zero-order chi connectivity index (χ0) is 13.0. The summed E-state index contributed by atoms with van der Waals surface area (Å²) in [6.07, 6.45) is 1.64. The molecule has 0 aromatic carbocycles. The van der Waals surface area contributed by atoms with Gasteiger partial charge in [0.1, 0.15) is 0 Å². The van der Waals surface area contributed by atoms with E-state index in [4.69, 9.17) is 5.73 Å². The molecule has 1 saturated carbocycles. The van der Waals surface area contributed by atoms with Crippen LogP contribution in [0.4, 0.5) is 5.69 Å². The Kier molecular flexibility index (Phi) is 2.28. The second-order valence-electron chi connectivity index (χ2n) is 5.96. The highest BCUT2D eigenvalue weighted by Crippen LogP contribution is 2.62. The zero-order valence-electron chi connectivity index (χ0n) is 11.0. The molecule has 0 aliphatic heterocycles. The first-order chi connectivity index (χ1) is 7.68. The lowest BCUT2D eigenvalue weighted by atomic mass is 10.0. The number of amides is 1. The third-order valence-corrected chi connectivity index (χ3v) is 4.37. The SMILES string of the molecule is Cn1cc(N)c(C(=O)NC2C(C)(C)C2(C)C)n1. The number of carbonyl (C=O) groups excluding carboxylic acids is 1. The van der Waals surface area contributed by atoms with Crippen molar-refractivity contribution in [3.05, 3.63) is 11.9 Å². The van der Waals surface area contributed by atoms with Crippen LogP contribution in [0.25, 0.3) is 0 Å². The van der Waals surface area contributed by atoms with E-state index in [1.807, 2.05) is 0 Å². The van der Waals surface area contributed by atoms with Crippen LogP contribution in [-0.4, -0.2) is 21.7 Å². The summed E-state index contributed by atoms with van der Waals surface area (Å²) in [5.74, 6) is -0.188. The Balaban J connectivity index is 2.12. The lowest BCUT2D eigenvalue weighted by Gasteiger charge is -2.05. The highest BCUT2D eigenvalue weighted by atomic mass is 16.2. The van der Waals surface area contributed by atoms with E-state index in [1.54, 1.807) is 17.9 Å². The molecule has 1 heterocycles. The van der Waals surface area contributed by atoms with Gasteiger partial charge in [-0.25, -0.2) is 0 Å². The third kappa shape index (κ3) is 1.61. The first-order valence-electron chi connectivity index (χ1n) is 5.78. The van der Waals surface area contributed by atoms with Crippen molar-refractivity contribution in [2.24, 2.45) is 17.9 Å². The maximum Gasteiger partial charge on any atom is 0.274 e. The molecule has 5 nitrogen and oxygen atoms in total. The van der Waals surface area contributed by atoms with Crippen molar-refractivity contribution in [3.8, 4) is 0 Å². The molecule has 1 aliphatic carbocycles. The fourth-order valence-corrected chi connectivity index (χ4v) is 2.44. The Hall–Kier alpha value is -1.52. The van der Waals surface area contributed by atoms with Gasteiger partial charge in [0.25, 0.3) is 5.91 Å². The molecule has 1 aromatic rings. The van der Waals surface area contributed by atoms with Gasteiger partial charge in [0, 0.05) is 19.3 Å². The van der Waals surface area contributed by atoms with E-state index < -0.39 is 0 Å². The number of rotatable bonds is 2. The fourth-order valence-electron chi connectivity index (χ4n) is 2.44. The summed E-state index contributed by atoms with van der Waals surface area (Å²) < 4.78 is 1.55. The van der Waals surface area contributed by atoms with Gasteiger partial charge in [0.2, 0.25) is 0 Å². The smallest absolute Gasteiger partial charge is 0.274 e. The molecule has 0 saturated heterocycles. The number of anilines is 1. The maximum atomic E-state index is 12.0. The molecule has 0 spiro atoms. The molecule has 0 atom stereocenters. The number of nitrogens with two attached hydrogens (primary N) is 1. The summed E-state index contributed by atoms with van der Waals surface area (Å²) in [5.41, 5.74) is 6.69. The van der Waals surface area contributed by atoms with Crippen LogP contribution in [0, 0.1) is 10.8 Å². The summed E-state index contributed by atoms with van der Waals surface area (Å²) >= 11 is 0. The molecule has 1 aromatic heterocycles. The van der Waals surface area contributed by atoms with Crippen LogP contribution < -0.4 is 11.1 Å². The van der Waals surface area contributed by atoms with Crippen LogP contribution in [0.3, 0.4) is 0 Å². The fraction of sp³-hybridized carbons (Fsp3) is 0.667. The van der Waals surface area contributed by atoms with E-state index in [0.717, 1.165) is 0 Å². The molecule has 0 bridgehead atoms. The lowest BCUT2D eigenvalue weighted by Crippen LogP contribution is -2.30. The second kappa shape index (κ2) is 3.24. The van der Waals surface area contributed by atoms with E-state index in [2.05, 4.69) is 38.1 Å². The van der Waals surface area contributed by atoms with E-state index in [0.29, 0.717) is 11.4 Å². The maximum absolute atomic E-state index is 12.0. The number of hydrogen-bond donors (Lipinski definition) is 2. The average Bonchev–Trinajstić information content (AvgIpc) is 2.50. The molecule has 2 rings (SSSR count). The van der Waals surface area contributed by atoms with E-state index >= 15 is 0 Å². The summed E-state index contributed by atoms with van der Waals surface area (Å²) in [6, 6.07) is 0.170. The number of nitrogens with zero attached hydrogens (tertiary/aromatic N) is 2. The Morgan fingerprint density at radius 3 is 2.29 bits per heavy atom. The van der Waals surface area contributed by atoms with Gasteiger partial charge in [0.05, 0.1) is 5.69 Å². The van der Waals surface area contributed by atoms with Crippen LogP contribution in [-0.2, 0) is 7.05 Å². The van der Waals surface area contributed by atoms with Crippen molar-refractivity contribution in [2.75, 3.05) is 5.73 Å². The molecule has 17 heavy (non-hydrogen) atoms. The van der Waals surface area contributed by atoms with Crippen LogP contribution in [0.1, 0.15) is 38.2 Å². The summed E-state index contributed by atoms with van der Waals surface area (Å²) in [6.45, 7) is 8.61.